The third kappa shape index (κ3) is 4.07. The van der Waals surface area contributed by atoms with Crippen molar-refractivity contribution in [2.75, 3.05) is 6.54 Å². The number of aromatic amines is 1. The highest BCUT2D eigenvalue weighted by molar-refractivity contribution is 6.30. The van der Waals surface area contributed by atoms with Gasteiger partial charge in [0.15, 0.2) is 0 Å². The molecule has 28 heavy (non-hydrogen) atoms. The fourth-order valence-corrected chi connectivity index (χ4v) is 4.42. The van der Waals surface area contributed by atoms with Crippen molar-refractivity contribution in [2.24, 2.45) is 5.92 Å². The van der Waals surface area contributed by atoms with E-state index in [1.54, 1.807) is 6.20 Å². The van der Waals surface area contributed by atoms with Gasteiger partial charge in [-0.05, 0) is 37.0 Å². The normalized spacial score (nSPS) is 20.5. The number of rotatable bonds is 5. The quantitative estimate of drug-likeness (QED) is 0.805. The van der Waals surface area contributed by atoms with Crippen LogP contribution in [0, 0.1) is 5.92 Å². The lowest BCUT2D eigenvalue weighted by atomic mass is 9.94. The molecule has 2 amide bonds. The third-order valence-electron chi connectivity index (χ3n) is 5.88. The van der Waals surface area contributed by atoms with Gasteiger partial charge in [0.2, 0.25) is 11.8 Å². The van der Waals surface area contributed by atoms with Crippen molar-refractivity contribution >= 4 is 23.4 Å². The fraction of sp³-hybridized carbons (Fsp3) is 0.476. The predicted molar refractivity (Wildman–Crippen MR) is 108 cm³/mol. The summed E-state index contributed by atoms with van der Waals surface area (Å²) in [6.45, 7) is 0.950. The molecule has 0 unspecified atom stereocenters. The Morgan fingerprint density at radius 3 is 2.71 bits per heavy atom. The van der Waals surface area contributed by atoms with Gasteiger partial charge >= 0.3 is 0 Å². The number of benzene rings is 1. The largest absolute Gasteiger partial charge is 0.352 e. The topological polar surface area (TPSA) is 78.1 Å². The summed E-state index contributed by atoms with van der Waals surface area (Å²) < 4.78 is 0. The van der Waals surface area contributed by atoms with Gasteiger partial charge in [-0.2, -0.15) is 5.10 Å². The lowest BCUT2D eigenvalue weighted by molar-refractivity contribution is -0.140. The molecule has 1 saturated heterocycles. The number of nitrogens with one attached hydrogen (secondary N) is 2. The van der Waals surface area contributed by atoms with Gasteiger partial charge in [0.05, 0.1) is 17.8 Å². The highest BCUT2D eigenvalue weighted by Gasteiger charge is 2.35. The minimum Gasteiger partial charge on any atom is -0.352 e. The lowest BCUT2D eigenvalue weighted by Gasteiger charge is -2.36. The first-order valence-corrected chi connectivity index (χ1v) is 10.3. The molecule has 2 fully saturated rings. The molecule has 7 heteroatoms. The number of likely N-dealkylation sites (tertiary alicyclic amines) is 1. The van der Waals surface area contributed by atoms with Gasteiger partial charge in [-0.1, -0.05) is 36.6 Å². The third-order valence-corrected chi connectivity index (χ3v) is 6.14. The van der Waals surface area contributed by atoms with Crippen molar-refractivity contribution < 1.29 is 9.59 Å². The second-order valence-corrected chi connectivity index (χ2v) is 8.15. The monoisotopic (exact) mass is 400 g/mol. The Morgan fingerprint density at radius 2 is 1.96 bits per heavy atom. The van der Waals surface area contributed by atoms with Crippen LogP contribution >= 0.6 is 11.6 Å². The maximum absolute atomic E-state index is 12.8. The standard InChI is InChI=1S/C21H25ClN4O2/c22-17-8-5-14(6-9-17)20-16(12-24-25-20)11-23-21(28)15-7-10-19(27)26(13-15)18-3-1-2-4-18/h5-6,8-9,12,15,18H,1-4,7,10-11,13H2,(H,23,28)(H,24,25)/t15-/m1/s1. The summed E-state index contributed by atoms with van der Waals surface area (Å²) in [5.74, 6) is 0.0822. The van der Waals surface area contributed by atoms with E-state index in [-0.39, 0.29) is 17.7 Å². The first-order valence-electron chi connectivity index (χ1n) is 9.97. The Bertz CT molecular complexity index is 842. The van der Waals surface area contributed by atoms with Crippen molar-refractivity contribution in [3.05, 3.63) is 41.0 Å². The van der Waals surface area contributed by atoms with Crippen molar-refractivity contribution in [3.8, 4) is 11.3 Å². The van der Waals surface area contributed by atoms with Crippen LogP contribution in [0.3, 0.4) is 0 Å². The van der Waals surface area contributed by atoms with E-state index in [2.05, 4.69) is 15.5 Å². The number of carbonyl (C=O) groups excluding carboxylic acids is 2. The lowest BCUT2D eigenvalue weighted by Crippen LogP contribution is -2.49. The minimum absolute atomic E-state index is 0.0127. The molecule has 0 bridgehead atoms. The van der Waals surface area contributed by atoms with Gasteiger partial charge in [0.25, 0.3) is 0 Å². The molecule has 1 aromatic carbocycles. The Morgan fingerprint density at radius 1 is 1.21 bits per heavy atom. The van der Waals surface area contributed by atoms with Gasteiger partial charge in [-0.15, -0.1) is 0 Å². The van der Waals surface area contributed by atoms with Crippen LogP contribution in [0.5, 0.6) is 0 Å². The summed E-state index contributed by atoms with van der Waals surface area (Å²) in [6.07, 6.45) is 7.33. The zero-order valence-electron chi connectivity index (χ0n) is 15.8. The van der Waals surface area contributed by atoms with E-state index in [0.717, 1.165) is 29.7 Å². The predicted octanol–water partition coefficient (Wildman–Crippen LogP) is 3.53. The maximum atomic E-state index is 12.8. The molecule has 1 aliphatic heterocycles. The number of aromatic nitrogens is 2. The molecule has 1 atom stereocenters. The highest BCUT2D eigenvalue weighted by Crippen LogP contribution is 2.29. The molecule has 1 aliphatic carbocycles. The van der Waals surface area contributed by atoms with Crippen molar-refractivity contribution in [1.82, 2.24) is 20.4 Å². The molecular formula is C21H25ClN4O2. The zero-order valence-corrected chi connectivity index (χ0v) is 16.5. The van der Waals surface area contributed by atoms with Gasteiger partial charge in [0.1, 0.15) is 0 Å². The molecule has 1 aromatic heterocycles. The van der Waals surface area contributed by atoms with E-state index < -0.39 is 0 Å². The molecule has 2 N–H and O–H groups in total. The second-order valence-electron chi connectivity index (χ2n) is 7.71. The van der Waals surface area contributed by atoms with Crippen LogP contribution in [-0.2, 0) is 16.1 Å². The van der Waals surface area contributed by atoms with E-state index in [1.807, 2.05) is 29.2 Å². The Hall–Kier alpha value is -2.34. The molecule has 4 rings (SSSR count). The highest BCUT2D eigenvalue weighted by atomic mass is 35.5. The van der Waals surface area contributed by atoms with Gasteiger partial charge in [-0.3, -0.25) is 14.7 Å². The summed E-state index contributed by atoms with van der Waals surface area (Å²) in [6, 6.07) is 7.84. The van der Waals surface area contributed by atoms with E-state index in [0.29, 0.717) is 37.0 Å². The summed E-state index contributed by atoms with van der Waals surface area (Å²) in [7, 11) is 0. The zero-order chi connectivity index (χ0) is 19.5. The first-order chi connectivity index (χ1) is 13.6. The first kappa shape index (κ1) is 19.0. The van der Waals surface area contributed by atoms with Crippen LogP contribution in [0.4, 0.5) is 0 Å². The van der Waals surface area contributed by atoms with Gasteiger partial charge in [0, 0.05) is 36.1 Å². The fourth-order valence-electron chi connectivity index (χ4n) is 4.29. The summed E-state index contributed by atoms with van der Waals surface area (Å²) in [4.78, 5) is 27.0. The van der Waals surface area contributed by atoms with Gasteiger partial charge in [-0.25, -0.2) is 0 Å². The number of hydrogen-bond donors (Lipinski definition) is 2. The molecular weight excluding hydrogens is 376 g/mol. The summed E-state index contributed by atoms with van der Waals surface area (Å²) >= 11 is 5.96. The minimum atomic E-state index is -0.135. The molecule has 0 spiro atoms. The number of nitrogens with zero attached hydrogens (tertiary/aromatic N) is 2. The molecule has 0 radical (unpaired) electrons. The Kier molecular flexibility index (Phi) is 5.67. The van der Waals surface area contributed by atoms with Crippen LogP contribution < -0.4 is 5.32 Å². The van der Waals surface area contributed by atoms with Crippen LogP contribution in [0.1, 0.15) is 44.1 Å². The Labute approximate surface area is 169 Å². The van der Waals surface area contributed by atoms with Crippen molar-refractivity contribution in [3.63, 3.8) is 0 Å². The molecule has 2 aromatic rings. The van der Waals surface area contributed by atoms with E-state index in [1.165, 1.54) is 12.8 Å². The molecule has 2 heterocycles. The van der Waals surface area contributed by atoms with E-state index in [4.69, 9.17) is 11.6 Å². The second kappa shape index (κ2) is 8.35. The molecule has 148 valence electrons. The number of amides is 2. The van der Waals surface area contributed by atoms with Crippen LogP contribution in [0.2, 0.25) is 5.02 Å². The van der Waals surface area contributed by atoms with Gasteiger partial charge < -0.3 is 10.2 Å². The number of hydrogen-bond acceptors (Lipinski definition) is 3. The van der Waals surface area contributed by atoms with Crippen LogP contribution in [-0.4, -0.2) is 39.5 Å². The number of halogens is 1. The smallest absolute Gasteiger partial charge is 0.225 e. The van der Waals surface area contributed by atoms with Crippen molar-refractivity contribution in [1.29, 1.82) is 0 Å². The summed E-state index contributed by atoms with van der Waals surface area (Å²) in [5, 5.41) is 10.8. The molecule has 2 aliphatic rings. The number of carbonyl (C=O) groups is 2. The van der Waals surface area contributed by atoms with Crippen LogP contribution in [0.15, 0.2) is 30.5 Å². The van der Waals surface area contributed by atoms with Crippen LogP contribution in [0.25, 0.3) is 11.3 Å². The van der Waals surface area contributed by atoms with E-state index in [9.17, 15) is 9.59 Å². The SMILES string of the molecule is O=C(NCc1cn[nH]c1-c1ccc(Cl)cc1)[C@@H]1CCC(=O)N(C2CCCC2)C1. The average Bonchev–Trinajstić information content (AvgIpc) is 3.39. The summed E-state index contributed by atoms with van der Waals surface area (Å²) in [5.41, 5.74) is 2.78. The van der Waals surface area contributed by atoms with E-state index >= 15 is 0 Å². The van der Waals surface area contributed by atoms with Crippen molar-refractivity contribution in [2.45, 2.75) is 51.1 Å². The molecule has 6 nitrogen and oxygen atoms in total. The Balaban J connectivity index is 1.38. The number of piperidine rings is 1. The maximum Gasteiger partial charge on any atom is 0.225 e. The average molecular weight is 401 g/mol. The number of H-pyrrole nitrogens is 1. The molecule has 1 saturated carbocycles.